The SMILES string of the molecule is CCn1ncnc1CC1CCC(=O)C1C. The second kappa shape index (κ2) is 4.13. The monoisotopic (exact) mass is 207 g/mol. The van der Waals surface area contributed by atoms with Gasteiger partial charge < -0.3 is 0 Å². The molecule has 1 aliphatic carbocycles. The standard InChI is InChI=1S/C11H17N3O/c1-3-14-11(12-7-13-14)6-9-4-5-10(15)8(9)2/h7-9H,3-6H2,1-2H3. The Kier molecular flexibility index (Phi) is 2.84. The fourth-order valence-electron chi connectivity index (χ4n) is 2.29. The molecule has 0 bridgehead atoms. The molecule has 15 heavy (non-hydrogen) atoms. The topological polar surface area (TPSA) is 47.8 Å². The predicted octanol–water partition coefficient (Wildman–Crippen LogP) is 1.46. The minimum Gasteiger partial charge on any atom is -0.299 e. The Morgan fingerprint density at radius 1 is 1.60 bits per heavy atom. The number of carbonyl (C=O) groups is 1. The fourth-order valence-corrected chi connectivity index (χ4v) is 2.29. The lowest BCUT2D eigenvalue weighted by molar-refractivity contribution is -0.120. The van der Waals surface area contributed by atoms with Crippen LogP contribution in [0.4, 0.5) is 0 Å². The molecular weight excluding hydrogens is 190 g/mol. The maximum Gasteiger partial charge on any atom is 0.138 e. The Balaban J connectivity index is 2.06. The summed E-state index contributed by atoms with van der Waals surface area (Å²) < 4.78 is 1.91. The highest BCUT2D eigenvalue weighted by Gasteiger charge is 2.31. The van der Waals surface area contributed by atoms with Crippen molar-refractivity contribution in [2.24, 2.45) is 11.8 Å². The summed E-state index contributed by atoms with van der Waals surface area (Å²) in [5.74, 6) is 2.09. The molecule has 0 saturated heterocycles. The predicted molar refractivity (Wildman–Crippen MR) is 56.3 cm³/mol. The molecule has 1 fully saturated rings. The number of hydrogen-bond donors (Lipinski definition) is 0. The molecule has 1 aliphatic rings. The summed E-state index contributed by atoms with van der Waals surface area (Å²) in [6, 6.07) is 0. The van der Waals surface area contributed by atoms with Gasteiger partial charge in [0.15, 0.2) is 0 Å². The summed E-state index contributed by atoms with van der Waals surface area (Å²) in [6.45, 7) is 4.94. The lowest BCUT2D eigenvalue weighted by atomic mass is 9.94. The molecule has 0 aliphatic heterocycles. The number of aryl methyl sites for hydroxylation is 1. The van der Waals surface area contributed by atoms with Crippen LogP contribution in [0.3, 0.4) is 0 Å². The first kappa shape index (κ1) is 10.3. The summed E-state index contributed by atoms with van der Waals surface area (Å²) in [5, 5.41) is 4.14. The molecule has 1 aromatic heterocycles. The van der Waals surface area contributed by atoms with Gasteiger partial charge >= 0.3 is 0 Å². The van der Waals surface area contributed by atoms with Crippen LogP contribution in [0.25, 0.3) is 0 Å². The maximum atomic E-state index is 11.4. The van der Waals surface area contributed by atoms with Crippen LogP contribution in [0, 0.1) is 11.8 Å². The van der Waals surface area contributed by atoms with Crippen molar-refractivity contribution < 1.29 is 4.79 Å². The van der Waals surface area contributed by atoms with E-state index in [0.717, 1.165) is 31.6 Å². The Labute approximate surface area is 89.7 Å². The van der Waals surface area contributed by atoms with Gasteiger partial charge in [-0.15, -0.1) is 0 Å². The average Bonchev–Trinajstić information content (AvgIpc) is 2.80. The Morgan fingerprint density at radius 2 is 2.40 bits per heavy atom. The zero-order valence-electron chi connectivity index (χ0n) is 9.31. The number of hydrogen-bond acceptors (Lipinski definition) is 3. The third kappa shape index (κ3) is 1.94. The van der Waals surface area contributed by atoms with Crippen LogP contribution in [0.1, 0.15) is 32.5 Å². The molecule has 0 aromatic carbocycles. The van der Waals surface area contributed by atoms with Gasteiger partial charge in [-0.05, 0) is 19.3 Å². The molecule has 0 N–H and O–H groups in total. The van der Waals surface area contributed by atoms with Crippen LogP contribution in [0.2, 0.25) is 0 Å². The van der Waals surface area contributed by atoms with Crippen LogP contribution in [0.15, 0.2) is 6.33 Å². The van der Waals surface area contributed by atoms with Crippen molar-refractivity contribution in [3.63, 3.8) is 0 Å². The fraction of sp³-hybridized carbons (Fsp3) is 0.727. The van der Waals surface area contributed by atoms with Crippen molar-refractivity contribution in [2.45, 2.75) is 39.7 Å². The molecule has 2 atom stereocenters. The van der Waals surface area contributed by atoms with E-state index in [9.17, 15) is 4.79 Å². The first-order valence-corrected chi connectivity index (χ1v) is 5.61. The molecule has 0 spiro atoms. The molecule has 82 valence electrons. The minimum atomic E-state index is 0.201. The van der Waals surface area contributed by atoms with Crippen molar-refractivity contribution in [1.29, 1.82) is 0 Å². The van der Waals surface area contributed by atoms with Crippen molar-refractivity contribution in [1.82, 2.24) is 14.8 Å². The molecule has 4 heteroatoms. The third-order valence-corrected chi connectivity index (χ3v) is 3.42. The molecule has 4 nitrogen and oxygen atoms in total. The van der Waals surface area contributed by atoms with E-state index < -0.39 is 0 Å². The van der Waals surface area contributed by atoms with E-state index in [1.165, 1.54) is 0 Å². The first-order chi connectivity index (χ1) is 7.22. The van der Waals surface area contributed by atoms with Gasteiger partial charge in [-0.25, -0.2) is 4.98 Å². The van der Waals surface area contributed by atoms with Crippen molar-refractivity contribution in [3.8, 4) is 0 Å². The summed E-state index contributed by atoms with van der Waals surface area (Å²) in [7, 11) is 0. The zero-order chi connectivity index (χ0) is 10.8. The number of ketones is 1. The summed E-state index contributed by atoms with van der Waals surface area (Å²) in [6.07, 6.45) is 4.24. The lowest BCUT2D eigenvalue weighted by Crippen LogP contribution is -2.16. The molecule has 0 radical (unpaired) electrons. The molecular formula is C11H17N3O. The quantitative estimate of drug-likeness (QED) is 0.753. The Hall–Kier alpha value is -1.19. The van der Waals surface area contributed by atoms with Gasteiger partial charge in [0.05, 0.1) is 0 Å². The van der Waals surface area contributed by atoms with Gasteiger partial charge in [0.2, 0.25) is 0 Å². The summed E-state index contributed by atoms with van der Waals surface area (Å²) in [4.78, 5) is 15.7. The first-order valence-electron chi connectivity index (χ1n) is 5.61. The molecule has 0 amide bonds. The van der Waals surface area contributed by atoms with Crippen LogP contribution in [-0.2, 0) is 17.8 Å². The normalized spacial score (nSPS) is 26.1. The molecule has 1 saturated carbocycles. The van der Waals surface area contributed by atoms with Gasteiger partial charge in [0.25, 0.3) is 0 Å². The zero-order valence-corrected chi connectivity index (χ0v) is 9.31. The van der Waals surface area contributed by atoms with E-state index in [4.69, 9.17) is 0 Å². The average molecular weight is 207 g/mol. The summed E-state index contributed by atoms with van der Waals surface area (Å²) >= 11 is 0. The Morgan fingerprint density at radius 3 is 3.00 bits per heavy atom. The third-order valence-electron chi connectivity index (χ3n) is 3.42. The largest absolute Gasteiger partial charge is 0.299 e. The van der Waals surface area contributed by atoms with Gasteiger partial charge in [0, 0.05) is 25.3 Å². The van der Waals surface area contributed by atoms with E-state index in [1.807, 2.05) is 11.6 Å². The maximum absolute atomic E-state index is 11.4. The molecule has 2 rings (SSSR count). The second-order valence-electron chi connectivity index (χ2n) is 4.25. The van der Waals surface area contributed by atoms with Gasteiger partial charge in [-0.1, -0.05) is 6.92 Å². The lowest BCUT2D eigenvalue weighted by Gasteiger charge is -2.13. The van der Waals surface area contributed by atoms with Gasteiger partial charge in [-0.3, -0.25) is 9.48 Å². The van der Waals surface area contributed by atoms with E-state index in [2.05, 4.69) is 17.0 Å². The highest BCUT2D eigenvalue weighted by atomic mass is 16.1. The second-order valence-corrected chi connectivity index (χ2v) is 4.25. The number of aromatic nitrogens is 3. The van der Waals surface area contributed by atoms with E-state index in [-0.39, 0.29) is 5.92 Å². The number of rotatable bonds is 3. The van der Waals surface area contributed by atoms with Gasteiger partial charge in [0.1, 0.15) is 17.9 Å². The Bertz CT molecular complexity index is 358. The number of nitrogens with zero attached hydrogens (tertiary/aromatic N) is 3. The van der Waals surface area contributed by atoms with Crippen LogP contribution >= 0.6 is 0 Å². The van der Waals surface area contributed by atoms with Crippen molar-refractivity contribution in [2.75, 3.05) is 0 Å². The van der Waals surface area contributed by atoms with Crippen LogP contribution < -0.4 is 0 Å². The van der Waals surface area contributed by atoms with Gasteiger partial charge in [-0.2, -0.15) is 5.10 Å². The molecule has 1 heterocycles. The van der Waals surface area contributed by atoms with Crippen molar-refractivity contribution >= 4 is 5.78 Å². The van der Waals surface area contributed by atoms with E-state index >= 15 is 0 Å². The van der Waals surface area contributed by atoms with Crippen LogP contribution in [-0.4, -0.2) is 20.5 Å². The number of Topliss-reactive ketones (excluding diaryl/α,β-unsaturated/α-hetero) is 1. The molecule has 2 unspecified atom stereocenters. The minimum absolute atomic E-state index is 0.201. The smallest absolute Gasteiger partial charge is 0.138 e. The van der Waals surface area contributed by atoms with Crippen molar-refractivity contribution in [3.05, 3.63) is 12.2 Å². The number of carbonyl (C=O) groups excluding carboxylic acids is 1. The summed E-state index contributed by atoms with van der Waals surface area (Å²) in [5.41, 5.74) is 0. The van der Waals surface area contributed by atoms with E-state index in [0.29, 0.717) is 11.7 Å². The highest BCUT2D eigenvalue weighted by Crippen LogP contribution is 2.30. The van der Waals surface area contributed by atoms with Crippen LogP contribution in [0.5, 0.6) is 0 Å². The van der Waals surface area contributed by atoms with E-state index in [1.54, 1.807) is 6.33 Å². The highest BCUT2D eigenvalue weighted by molar-refractivity contribution is 5.83. The molecule has 1 aromatic rings.